The van der Waals surface area contributed by atoms with Gasteiger partial charge in [-0.15, -0.1) is 11.3 Å². The van der Waals surface area contributed by atoms with Crippen LogP contribution in [0, 0.1) is 0 Å². The summed E-state index contributed by atoms with van der Waals surface area (Å²) in [6, 6.07) is 3.59. The molecule has 0 saturated carbocycles. The Morgan fingerprint density at radius 1 is 1.28 bits per heavy atom. The van der Waals surface area contributed by atoms with Gasteiger partial charge in [-0.05, 0) is 31.9 Å². The largest absolute Gasteiger partial charge is 0.486 e. The zero-order valence-electron chi connectivity index (χ0n) is 17.4. The third-order valence-corrected chi connectivity index (χ3v) is 7.75. The summed E-state index contributed by atoms with van der Waals surface area (Å²) in [6.07, 6.45) is 0.971. The Bertz CT molecular complexity index is 1120. The summed E-state index contributed by atoms with van der Waals surface area (Å²) in [5, 5.41) is 4.64. The number of sulfonamides is 1. The van der Waals surface area contributed by atoms with Gasteiger partial charge in [0.05, 0.1) is 23.6 Å². The van der Waals surface area contributed by atoms with Crippen LogP contribution in [0.15, 0.2) is 28.5 Å². The maximum absolute atomic E-state index is 13.3. The number of thiazole rings is 1. The Hall–Kier alpha value is -2.70. The van der Waals surface area contributed by atoms with Crippen LogP contribution in [0.3, 0.4) is 0 Å². The van der Waals surface area contributed by atoms with Gasteiger partial charge in [-0.25, -0.2) is 13.4 Å². The number of anilines is 1. The van der Waals surface area contributed by atoms with Crippen molar-refractivity contribution in [1.29, 1.82) is 0 Å². The molecule has 10 nitrogen and oxygen atoms in total. The number of ether oxygens (including phenoxy) is 3. The number of fused-ring (bicyclic) bond motifs is 1. The monoisotopic (exact) mass is 481 g/mol. The average molecular weight is 482 g/mol. The van der Waals surface area contributed by atoms with Crippen molar-refractivity contribution in [3.8, 4) is 11.5 Å². The minimum atomic E-state index is -3.92. The molecule has 1 unspecified atom stereocenters. The summed E-state index contributed by atoms with van der Waals surface area (Å²) < 4.78 is 43.6. The number of carbonyl (C=O) groups is 2. The van der Waals surface area contributed by atoms with E-state index in [-0.39, 0.29) is 24.5 Å². The fourth-order valence-electron chi connectivity index (χ4n) is 3.60. The van der Waals surface area contributed by atoms with Crippen molar-refractivity contribution in [3.63, 3.8) is 0 Å². The lowest BCUT2D eigenvalue weighted by atomic mass is 10.2. The van der Waals surface area contributed by atoms with E-state index in [4.69, 9.17) is 14.2 Å². The highest BCUT2D eigenvalue weighted by molar-refractivity contribution is 7.89. The number of carbonyl (C=O) groups excluding carboxylic acids is 2. The van der Waals surface area contributed by atoms with Crippen LogP contribution < -0.4 is 14.8 Å². The molecule has 0 spiro atoms. The molecule has 1 aromatic carbocycles. The lowest BCUT2D eigenvalue weighted by Crippen LogP contribution is -2.43. The van der Waals surface area contributed by atoms with Crippen LogP contribution in [0.1, 0.15) is 25.5 Å². The molecule has 3 heterocycles. The zero-order chi connectivity index (χ0) is 22.7. The second-order valence-electron chi connectivity index (χ2n) is 7.19. The predicted octanol–water partition coefficient (Wildman–Crippen LogP) is 1.81. The third kappa shape index (κ3) is 4.71. The fourth-order valence-corrected chi connectivity index (χ4v) is 5.99. The summed E-state index contributed by atoms with van der Waals surface area (Å²) in [5.41, 5.74) is 0.482. The molecule has 172 valence electrons. The summed E-state index contributed by atoms with van der Waals surface area (Å²) >= 11 is 1.17. The second kappa shape index (κ2) is 9.43. The molecule has 2 aromatic rings. The molecule has 1 fully saturated rings. The molecular formula is C20H23N3O7S2. The third-order valence-electron chi connectivity index (χ3n) is 5.04. The highest BCUT2D eigenvalue weighted by Crippen LogP contribution is 2.35. The zero-order valence-corrected chi connectivity index (χ0v) is 19.0. The molecule has 1 saturated heterocycles. The Morgan fingerprint density at radius 2 is 2.06 bits per heavy atom. The molecule has 2 aliphatic rings. The first kappa shape index (κ1) is 22.5. The van der Waals surface area contributed by atoms with Crippen LogP contribution in [-0.2, 0) is 30.8 Å². The smallest absolute Gasteiger partial charge is 0.311 e. The van der Waals surface area contributed by atoms with E-state index in [9.17, 15) is 18.0 Å². The van der Waals surface area contributed by atoms with Crippen molar-refractivity contribution in [1.82, 2.24) is 9.29 Å². The topological polar surface area (TPSA) is 124 Å². The highest BCUT2D eigenvalue weighted by atomic mass is 32.2. The molecule has 12 heteroatoms. The first-order valence-corrected chi connectivity index (χ1v) is 12.5. The maximum Gasteiger partial charge on any atom is 0.311 e. The Labute approximate surface area is 189 Å². The Morgan fingerprint density at radius 3 is 2.84 bits per heavy atom. The van der Waals surface area contributed by atoms with E-state index < -0.39 is 27.9 Å². The van der Waals surface area contributed by atoms with Crippen molar-refractivity contribution in [2.24, 2.45) is 0 Å². The SMILES string of the molecule is CCOC(=O)Cc1csc(NC(=O)C2CCCN2S(=O)(=O)c2ccc3c(c2)OCCO3)n1. The minimum absolute atomic E-state index is 0.00819. The van der Waals surface area contributed by atoms with Crippen molar-refractivity contribution < 1.29 is 32.2 Å². The Kier molecular flexibility index (Phi) is 6.63. The van der Waals surface area contributed by atoms with E-state index in [1.807, 2.05) is 0 Å². The van der Waals surface area contributed by atoms with Gasteiger partial charge in [0.15, 0.2) is 16.6 Å². The lowest BCUT2D eigenvalue weighted by molar-refractivity contribution is -0.142. The summed E-state index contributed by atoms with van der Waals surface area (Å²) in [6.45, 7) is 2.99. The van der Waals surface area contributed by atoms with Crippen molar-refractivity contribution >= 4 is 38.4 Å². The van der Waals surface area contributed by atoms with Gasteiger partial charge < -0.3 is 19.5 Å². The molecular weight excluding hydrogens is 458 g/mol. The summed E-state index contributed by atoms with van der Waals surface area (Å²) in [5.74, 6) is 0.00608. The fraction of sp³-hybridized carbons (Fsp3) is 0.450. The summed E-state index contributed by atoms with van der Waals surface area (Å²) in [4.78, 5) is 28.8. The van der Waals surface area contributed by atoms with E-state index in [0.717, 1.165) is 0 Å². The lowest BCUT2D eigenvalue weighted by Gasteiger charge is -2.24. The average Bonchev–Trinajstić information content (AvgIpc) is 3.43. The van der Waals surface area contributed by atoms with E-state index in [2.05, 4.69) is 10.3 Å². The number of hydrogen-bond acceptors (Lipinski definition) is 9. The maximum atomic E-state index is 13.3. The first-order chi connectivity index (χ1) is 15.4. The number of nitrogens with one attached hydrogen (secondary N) is 1. The van der Waals surface area contributed by atoms with Crippen LogP contribution in [-0.4, -0.2) is 62.0 Å². The molecule has 1 aromatic heterocycles. The molecule has 4 rings (SSSR count). The van der Waals surface area contributed by atoms with E-state index >= 15 is 0 Å². The number of rotatable bonds is 7. The van der Waals surface area contributed by atoms with Gasteiger partial charge >= 0.3 is 5.97 Å². The highest BCUT2D eigenvalue weighted by Gasteiger charge is 2.40. The van der Waals surface area contributed by atoms with Crippen LogP contribution in [0.2, 0.25) is 0 Å². The number of esters is 1. The predicted molar refractivity (Wildman–Crippen MR) is 115 cm³/mol. The first-order valence-electron chi connectivity index (χ1n) is 10.2. The second-order valence-corrected chi connectivity index (χ2v) is 9.94. The Balaban J connectivity index is 1.46. The number of benzene rings is 1. The number of hydrogen-bond donors (Lipinski definition) is 1. The summed E-state index contributed by atoms with van der Waals surface area (Å²) in [7, 11) is -3.92. The molecule has 0 bridgehead atoms. The van der Waals surface area contributed by atoms with E-state index in [0.29, 0.717) is 48.4 Å². The van der Waals surface area contributed by atoms with Gasteiger partial charge in [-0.2, -0.15) is 4.31 Å². The molecule has 0 radical (unpaired) electrons. The van der Waals surface area contributed by atoms with Gasteiger partial charge in [0.2, 0.25) is 15.9 Å². The van der Waals surface area contributed by atoms with Crippen molar-refractivity contribution in [3.05, 3.63) is 29.3 Å². The van der Waals surface area contributed by atoms with Gasteiger partial charge in [-0.3, -0.25) is 9.59 Å². The number of aromatic nitrogens is 1. The van der Waals surface area contributed by atoms with E-state index in [1.54, 1.807) is 18.4 Å². The number of nitrogens with zero attached hydrogens (tertiary/aromatic N) is 2. The normalized spacial score (nSPS) is 18.3. The standard InChI is InChI=1S/C20H23N3O7S2/c1-2-28-18(24)10-13-12-31-20(21-13)22-19(25)15-4-3-7-23(15)32(26,27)14-5-6-16-17(11-14)30-9-8-29-16/h5-6,11-12,15H,2-4,7-10H2,1H3,(H,21,22,25). The molecule has 0 aliphatic carbocycles. The van der Waals surface area contributed by atoms with Crippen LogP contribution in [0.25, 0.3) is 0 Å². The molecule has 1 atom stereocenters. The minimum Gasteiger partial charge on any atom is -0.486 e. The van der Waals surface area contributed by atoms with Gasteiger partial charge in [-0.1, -0.05) is 0 Å². The molecule has 1 N–H and O–H groups in total. The molecule has 2 aliphatic heterocycles. The van der Waals surface area contributed by atoms with Crippen LogP contribution in [0.5, 0.6) is 11.5 Å². The van der Waals surface area contributed by atoms with Gasteiger partial charge in [0, 0.05) is 18.0 Å². The number of amides is 1. The molecule has 32 heavy (non-hydrogen) atoms. The van der Waals surface area contributed by atoms with Gasteiger partial charge in [0.25, 0.3) is 0 Å². The van der Waals surface area contributed by atoms with Crippen LogP contribution >= 0.6 is 11.3 Å². The van der Waals surface area contributed by atoms with Crippen molar-refractivity contribution in [2.45, 2.75) is 37.1 Å². The quantitative estimate of drug-likeness (QED) is 0.594. The molecule has 1 amide bonds. The van der Waals surface area contributed by atoms with Crippen molar-refractivity contribution in [2.75, 3.05) is 31.7 Å². The van der Waals surface area contributed by atoms with Crippen LogP contribution in [0.4, 0.5) is 5.13 Å². The van der Waals surface area contributed by atoms with Gasteiger partial charge in [0.1, 0.15) is 19.3 Å². The van der Waals surface area contributed by atoms with E-state index in [1.165, 1.54) is 27.8 Å².